The number of aromatic nitrogens is 2. The quantitative estimate of drug-likeness (QED) is 0.319. The zero-order valence-corrected chi connectivity index (χ0v) is 13.8. The maximum absolute atomic E-state index is 10.2. The summed E-state index contributed by atoms with van der Waals surface area (Å²) in [7, 11) is 0. The molecule has 0 saturated carbocycles. The number of benzene rings is 2. The summed E-state index contributed by atoms with van der Waals surface area (Å²) in [6.07, 6.45) is 1.80. The van der Waals surface area contributed by atoms with Gasteiger partial charge in [0.05, 0.1) is 11.2 Å². The van der Waals surface area contributed by atoms with E-state index in [1.807, 2.05) is 72.8 Å². The third kappa shape index (κ3) is 3.21. The van der Waals surface area contributed by atoms with Crippen molar-refractivity contribution in [3.05, 3.63) is 84.7 Å². The van der Waals surface area contributed by atoms with Gasteiger partial charge in [-0.05, 0) is 24.3 Å². The first kappa shape index (κ1) is 15.7. The number of aromatic hydroxyl groups is 1. The molecule has 0 aliphatic heterocycles. The van der Waals surface area contributed by atoms with E-state index in [9.17, 15) is 5.11 Å². The van der Waals surface area contributed by atoms with Gasteiger partial charge >= 0.3 is 0 Å². The molecule has 0 atom stereocenters. The summed E-state index contributed by atoms with van der Waals surface area (Å²) in [4.78, 5) is 10.6. The number of para-hydroxylation sites is 2. The Morgan fingerprint density at radius 3 is 2.46 bits per heavy atom. The van der Waals surface area contributed by atoms with Crippen LogP contribution in [0.1, 0.15) is 5.69 Å². The van der Waals surface area contributed by atoms with Crippen LogP contribution in [0, 0.1) is 0 Å². The maximum atomic E-state index is 10.2. The van der Waals surface area contributed by atoms with Gasteiger partial charge in [-0.3, -0.25) is 0 Å². The number of nitrogens with zero attached hydrogens (tertiary/aromatic N) is 3. The number of amidine groups is 1. The van der Waals surface area contributed by atoms with E-state index in [4.69, 9.17) is 0 Å². The zero-order chi connectivity index (χ0) is 17.8. The Morgan fingerprint density at radius 1 is 0.885 bits per heavy atom. The number of azo groups is 1. The summed E-state index contributed by atoms with van der Waals surface area (Å²) < 4.78 is 0. The highest BCUT2D eigenvalue weighted by Crippen LogP contribution is 2.35. The van der Waals surface area contributed by atoms with Crippen molar-refractivity contribution in [2.75, 3.05) is 0 Å². The van der Waals surface area contributed by atoms with Crippen LogP contribution in [0.3, 0.4) is 0 Å². The SMILES string of the molecule is Oc1[nH]c2ccccc2c1N=NC(=Nc1ccccc1)c1cccc[nH+]1. The minimum atomic E-state index is -0.0222. The topological polar surface area (TPSA) is 87.2 Å². The minimum Gasteiger partial charge on any atom is -0.493 e. The highest BCUT2D eigenvalue weighted by atomic mass is 16.3. The predicted molar refractivity (Wildman–Crippen MR) is 100 cm³/mol. The Kier molecular flexibility index (Phi) is 4.22. The second-order valence-corrected chi connectivity index (χ2v) is 5.62. The molecule has 4 aromatic rings. The fourth-order valence-electron chi connectivity index (χ4n) is 2.61. The van der Waals surface area contributed by atoms with E-state index in [0.717, 1.165) is 22.3 Å². The first-order valence-corrected chi connectivity index (χ1v) is 8.13. The smallest absolute Gasteiger partial charge is 0.250 e. The van der Waals surface area contributed by atoms with Gasteiger partial charge in [0.25, 0.3) is 5.69 Å². The molecule has 0 unspecified atom stereocenters. The van der Waals surface area contributed by atoms with E-state index < -0.39 is 0 Å². The van der Waals surface area contributed by atoms with Crippen LogP contribution in [0.25, 0.3) is 10.9 Å². The molecule has 2 aromatic heterocycles. The molecule has 126 valence electrons. The highest BCUT2D eigenvalue weighted by Gasteiger charge is 2.13. The van der Waals surface area contributed by atoms with Crippen LogP contribution in [-0.2, 0) is 0 Å². The summed E-state index contributed by atoms with van der Waals surface area (Å²) in [6, 6.07) is 22.7. The first-order chi connectivity index (χ1) is 12.8. The fraction of sp³-hybridized carbons (Fsp3) is 0. The van der Waals surface area contributed by atoms with Crippen molar-refractivity contribution in [1.29, 1.82) is 0 Å². The lowest BCUT2D eigenvalue weighted by molar-refractivity contribution is -0.380. The third-order valence-electron chi connectivity index (χ3n) is 3.85. The molecular weight excluding hydrogens is 326 g/mol. The standard InChI is InChI=1S/C20H15N5O/c26-20-18(15-10-4-5-11-16(15)23-20)24-25-19(17-12-6-7-13-21-17)22-14-8-2-1-3-9-14/h1-13,23,26H/p+1. The van der Waals surface area contributed by atoms with Crippen LogP contribution >= 0.6 is 0 Å². The zero-order valence-electron chi connectivity index (χ0n) is 13.8. The molecule has 26 heavy (non-hydrogen) atoms. The van der Waals surface area contributed by atoms with Crippen molar-refractivity contribution >= 4 is 28.1 Å². The van der Waals surface area contributed by atoms with Crippen LogP contribution in [-0.4, -0.2) is 15.9 Å². The third-order valence-corrected chi connectivity index (χ3v) is 3.85. The van der Waals surface area contributed by atoms with Crippen LogP contribution in [0.2, 0.25) is 0 Å². The van der Waals surface area contributed by atoms with Crippen molar-refractivity contribution in [3.63, 3.8) is 0 Å². The molecule has 0 fully saturated rings. The van der Waals surface area contributed by atoms with Gasteiger partial charge in [0.2, 0.25) is 11.7 Å². The lowest BCUT2D eigenvalue weighted by Gasteiger charge is -1.97. The summed E-state index contributed by atoms with van der Waals surface area (Å²) >= 11 is 0. The number of fused-ring (bicyclic) bond motifs is 1. The molecule has 0 saturated heterocycles. The van der Waals surface area contributed by atoms with Gasteiger partial charge in [0.15, 0.2) is 11.9 Å². The normalized spacial score (nSPS) is 12.1. The molecular formula is C20H16N5O+. The fourth-order valence-corrected chi connectivity index (χ4v) is 2.61. The molecule has 6 heteroatoms. The van der Waals surface area contributed by atoms with Gasteiger partial charge < -0.3 is 10.1 Å². The number of H-pyrrole nitrogens is 2. The van der Waals surface area contributed by atoms with Gasteiger partial charge in [0.1, 0.15) is 0 Å². The minimum absolute atomic E-state index is 0.0222. The Hall–Kier alpha value is -3.80. The van der Waals surface area contributed by atoms with E-state index in [1.54, 1.807) is 6.20 Å². The van der Waals surface area contributed by atoms with Crippen LogP contribution in [0.4, 0.5) is 11.4 Å². The summed E-state index contributed by atoms with van der Waals surface area (Å²) in [5.74, 6) is 0.396. The Bertz CT molecular complexity index is 1090. The van der Waals surface area contributed by atoms with Crippen LogP contribution in [0.5, 0.6) is 5.88 Å². The highest BCUT2D eigenvalue weighted by molar-refractivity contribution is 5.99. The second-order valence-electron chi connectivity index (χ2n) is 5.62. The van der Waals surface area contributed by atoms with Gasteiger partial charge in [-0.2, -0.15) is 0 Å². The van der Waals surface area contributed by atoms with E-state index in [2.05, 4.69) is 25.2 Å². The number of aliphatic imine (C=N–C) groups is 1. The van der Waals surface area contributed by atoms with Gasteiger partial charge in [0, 0.05) is 17.5 Å². The van der Waals surface area contributed by atoms with Crippen molar-refractivity contribution in [1.82, 2.24) is 4.98 Å². The Balaban J connectivity index is 1.79. The van der Waals surface area contributed by atoms with Gasteiger partial charge in [-0.15, -0.1) is 10.2 Å². The molecule has 0 bridgehead atoms. The summed E-state index contributed by atoms with van der Waals surface area (Å²) in [6.45, 7) is 0. The second kappa shape index (κ2) is 6.98. The molecule has 6 nitrogen and oxygen atoms in total. The lowest BCUT2D eigenvalue weighted by atomic mass is 10.2. The first-order valence-electron chi connectivity index (χ1n) is 8.13. The van der Waals surface area contributed by atoms with E-state index in [0.29, 0.717) is 11.5 Å². The van der Waals surface area contributed by atoms with E-state index >= 15 is 0 Å². The molecule has 0 radical (unpaired) electrons. The lowest BCUT2D eigenvalue weighted by Crippen LogP contribution is -2.14. The Labute approximate surface area is 149 Å². The van der Waals surface area contributed by atoms with Crippen molar-refractivity contribution in [3.8, 4) is 5.88 Å². The molecule has 0 aliphatic carbocycles. The van der Waals surface area contributed by atoms with Crippen molar-refractivity contribution in [2.45, 2.75) is 0 Å². The maximum Gasteiger partial charge on any atom is 0.250 e. The largest absolute Gasteiger partial charge is 0.493 e. The predicted octanol–water partition coefficient (Wildman–Crippen LogP) is 4.55. The summed E-state index contributed by atoms with van der Waals surface area (Å²) in [5.41, 5.74) is 2.67. The Morgan fingerprint density at radius 2 is 1.65 bits per heavy atom. The molecule has 3 N–H and O–H groups in total. The number of rotatable bonds is 3. The monoisotopic (exact) mass is 342 g/mol. The molecule has 2 heterocycles. The van der Waals surface area contributed by atoms with Crippen LogP contribution in [0.15, 0.2) is 94.2 Å². The van der Waals surface area contributed by atoms with E-state index in [-0.39, 0.29) is 5.88 Å². The van der Waals surface area contributed by atoms with Crippen molar-refractivity contribution < 1.29 is 10.1 Å². The van der Waals surface area contributed by atoms with Crippen molar-refractivity contribution in [2.24, 2.45) is 15.2 Å². The average Bonchev–Trinajstić information content (AvgIpc) is 3.02. The molecule has 0 amide bonds. The van der Waals surface area contributed by atoms with Crippen LogP contribution < -0.4 is 4.98 Å². The van der Waals surface area contributed by atoms with E-state index in [1.165, 1.54) is 0 Å². The molecule has 0 aliphatic rings. The molecule has 2 aromatic carbocycles. The van der Waals surface area contributed by atoms with Gasteiger partial charge in [-0.25, -0.2) is 9.98 Å². The van der Waals surface area contributed by atoms with Gasteiger partial charge in [-0.1, -0.05) is 36.4 Å². The number of nitrogens with one attached hydrogen (secondary N) is 2. The number of hydrogen-bond donors (Lipinski definition) is 2. The molecule has 4 rings (SSSR count). The number of pyridine rings is 1. The summed E-state index contributed by atoms with van der Waals surface area (Å²) in [5, 5.41) is 19.5. The molecule has 0 spiro atoms. The number of aromatic amines is 2. The number of hydrogen-bond acceptors (Lipinski definition) is 3. The average molecular weight is 342 g/mol.